The molecular formula is C7H13NO. The summed E-state index contributed by atoms with van der Waals surface area (Å²) in [4.78, 5) is 12.9. The van der Waals surface area contributed by atoms with Crippen LogP contribution in [-0.4, -0.2) is 30.8 Å². The summed E-state index contributed by atoms with van der Waals surface area (Å²) >= 11 is 0. The Kier molecular flexibility index (Phi) is 2.22. The van der Waals surface area contributed by atoms with Gasteiger partial charge in [-0.05, 0) is 26.4 Å². The van der Waals surface area contributed by atoms with Crippen molar-refractivity contribution in [2.45, 2.75) is 19.3 Å². The molecule has 2 nitrogen and oxygen atoms in total. The molecule has 1 rings (SSSR count). The SMILES string of the molecule is CN1CCCCC(=O)C1. The second-order valence-electron chi connectivity index (χ2n) is 2.73. The van der Waals surface area contributed by atoms with E-state index in [2.05, 4.69) is 4.90 Å². The Hall–Kier alpha value is -0.370. The fourth-order valence-electron chi connectivity index (χ4n) is 1.16. The van der Waals surface area contributed by atoms with Crippen LogP contribution >= 0.6 is 0 Å². The number of carbonyl (C=O) groups is 1. The van der Waals surface area contributed by atoms with Gasteiger partial charge in [0, 0.05) is 6.42 Å². The molecule has 9 heavy (non-hydrogen) atoms. The Labute approximate surface area is 55.8 Å². The Morgan fingerprint density at radius 2 is 2.22 bits per heavy atom. The predicted molar refractivity (Wildman–Crippen MR) is 36.4 cm³/mol. The second kappa shape index (κ2) is 2.97. The highest BCUT2D eigenvalue weighted by molar-refractivity contribution is 5.80. The minimum atomic E-state index is 0.398. The van der Waals surface area contributed by atoms with Crippen LogP contribution in [0.1, 0.15) is 19.3 Å². The smallest absolute Gasteiger partial charge is 0.146 e. The van der Waals surface area contributed by atoms with Gasteiger partial charge >= 0.3 is 0 Å². The molecule has 0 spiro atoms. The molecule has 1 fully saturated rings. The van der Waals surface area contributed by atoms with Crippen molar-refractivity contribution in [3.05, 3.63) is 0 Å². The quantitative estimate of drug-likeness (QED) is 0.476. The molecule has 2 heteroatoms. The Morgan fingerprint density at radius 1 is 1.44 bits per heavy atom. The molecule has 0 radical (unpaired) electrons. The van der Waals surface area contributed by atoms with Crippen molar-refractivity contribution >= 4 is 5.78 Å². The van der Waals surface area contributed by atoms with Gasteiger partial charge in [-0.3, -0.25) is 9.69 Å². The van der Waals surface area contributed by atoms with Gasteiger partial charge in [-0.15, -0.1) is 0 Å². The van der Waals surface area contributed by atoms with Gasteiger partial charge in [0.1, 0.15) is 5.78 Å². The van der Waals surface area contributed by atoms with E-state index in [-0.39, 0.29) is 0 Å². The fraction of sp³-hybridized carbons (Fsp3) is 0.857. The van der Waals surface area contributed by atoms with Crippen molar-refractivity contribution in [1.29, 1.82) is 0 Å². The van der Waals surface area contributed by atoms with Crippen molar-refractivity contribution < 1.29 is 4.79 Å². The Bertz CT molecular complexity index is 111. The van der Waals surface area contributed by atoms with Crippen LogP contribution in [0.2, 0.25) is 0 Å². The zero-order chi connectivity index (χ0) is 6.69. The number of rotatable bonds is 0. The lowest BCUT2D eigenvalue weighted by Gasteiger charge is -2.09. The van der Waals surface area contributed by atoms with Gasteiger partial charge in [-0.2, -0.15) is 0 Å². The molecule has 0 aromatic carbocycles. The molecule has 0 atom stereocenters. The summed E-state index contributed by atoms with van der Waals surface area (Å²) in [6.07, 6.45) is 3.07. The highest BCUT2D eigenvalue weighted by Gasteiger charge is 2.09. The lowest BCUT2D eigenvalue weighted by molar-refractivity contribution is -0.119. The summed E-state index contributed by atoms with van der Waals surface area (Å²) in [6.45, 7) is 1.76. The predicted octanol–water partition coefficient (Wildman–Crippen LogP) is 0.671. The standard InChI is InChI=1S/C7H13NO/c1-8-5-3-2-4-7(9)6-8/h2-6H2,1H3. The minimum Gasteiger partial charge on any atom is -0.299 e. The third-order valence-electron chi connectivity index (χ3n) is 1.69. The molecule has 0 saturated carbocycles. The van der Waals surface area contributed by atoms with Crippen LogP contribution in [0.25, 0.3) is 0 Å². The van der Waals surface area contributed by atoms with Gasteiger partial charge in [0.2, 0.25) is 0 Å². The molecule has 1 saturated heterocycles. The zero-order valence-electron chi connectivity index (χ0n) is 5.89. The summed E-state index contributed by atoms with van der Waals surface area (Å²) < 4.78 is 0. The lowest BCUT2D eigenvalue weighted by atomic mass is 10.2. The summed E-state index contributed by atoms with van der Waals surface area (Å²) in [7, 11) is 2.00. The number of ketones is 1. The maximum Gasteiger partial charge on any atom is 0.146 e. The van der Waals surface area contributed by atoms with Crippen molar-refractivity contribution in [1.82, 2.24) is 4.90 Å². The largest absolute Gasteiger partial charge is 0.299 e. The van der Waals surface area contributed by atoms with Gasteiger partial charge in [0.15, 0.2) is 0 Å². The van der Waals surface area contributed by atoms with Gasteiger partial charge in [-0.25, -0.2) is 0 Å². The summed E-state index contributed by atoms with van der Waals surface area (Å²) in [5.74, 6) is 0.398. The third kappa shape index (κ3) is 2.14. The van der Waals surface area contributed by atoms with E-state index in [1.807, 2.05) is 7.05 Å². The Balaban J connectivity index is 2.37. The highest BCUT2D eigenvalue weighted by Crippen LogP contribution is 2.04. The van der Waals surface area contributed by atoms with Crippen LogP contribution in [0.5, 0.6) is 0 Å². The number of likely N-dealkylation sites (N-methyl/N-ethyl adjacent to an activating group) is 1. The van der Waals surface area contributed by atoms with Crippen LogP contribution < -0.4 is 0 Å². The molecule has 0 aromatic rings. The number of Topliss-reactive ketones (excluding diaryl/α,β-unsaturated/α-hetero) is 1. The average molecular weight is 127 g/mol. The molecule has 1 aliphatic rings. The van der Waals surface area contributed by atoms with Crippen molar-refractivity contribution in [3.63, 3.8) is 0 Å². The molecule has 0 amide bonds. The van der Waals surface area contributed by atoms with E-state index in [1.54, 1.807) is 0 Å². The van der Waals surface area contributed by atoms with E-state index < -0.39 is 0 Å². The van der Waals surface area contributed by atoms with Crippen molar-refractivity contribution in [3.8, 4) is 0 Å². The monoisotopic (exact) mass is 127 g/mol. The van der Waals surface area contributed by atoms with Crippen LogP contribution in [0.4, 0.5) is 0 Å². The van der Waals surface area contributed by atoms with Crippen molar-refractivity contribution in [2.24, 2.45) is 0 Å². The maximum atomic E-state index is 10.9. The molecular weight excluding hydrogens is 114 g/mol. The third-order valence-corrected chi connectivity index (χ3v) is 1.69. The molecule has 0 unspecified atom stereocenters. The first-order chi connectivity index (χ1) is 4.29. The molecule has 52 valence electrons. The normalized spacial score (nSPS) is 23.9. The van der Waals surface area contributed by atoms with Crippen LogP contribution in [0.15, 0.2) is 0 Å². The second-order valence-corrected chi connectivity index (χ2v) is 2.73. The lowest BCUT2D eigenvalue weighted by Crippen LogP contribution is -2.23. The zero-order valence-corrected chi connectivity index (χ0v) is 5.89. The van der Waals surface area contributed by atoms with Crippen LogP contribution in [0.3, 0.4) is 0 Å². The number of hydrogen-bond acceptors (Lipinski definition) is 2. The van der Waals surface area contributed by atoms with Gasteiger partial charge < -0.3 is 0 Å². The van der Waals surface area contributed by atoms with Crippen molar-refractivity contribution in [2.75, 3.05) is 20.1 Å². The fourth-order valence-corrected chi connectivity index (χ4v) is 1.16. The summed E-state index contributed by atoms with van der Waals surface area (Å²) in [5, 5.41) is 0. The van der Waals surface area contributed by atoms with Gasteiger partial charge in [-0.1, -0.05) is 0 Å². The molecule has 1 heterocycles. The number of carbonyl (C=O) groups excluding carboxylic acids is 1. The van der Waals surface area contributed by atoms with E-state index in [4.69, 9.17) is 0 Å². The number of likely N-dealkylation sites (tertiary alicyclic amines) is 1. The van der Waals surface area contributed by atoms with E-state index in [9.17, 15) is 4.79 Å². The number of hydrogen-bond donors (Lipinski definition) is 0. The van der Waals surface area contributed by atoms with E-state index >= 15 is 0 Å². The van der Waals surface area contributed by atoms with Crippen LogP contribution in [0, 0.1) is 0 Å². The molecule has 0 bridgehead atoms. The van der Waals surface area contributed by atoms with E-state index in [0.717, 1.165) is 19.4 Å². The average Bonchev–Trinajstić information content (AvgIpc) is 1.93. The maximum absolute atomic E-state index is 10.9. The molecule has 0 aliphatic carbocycles. The first kappa shape index (κ1) is 6.75. The Morgan fingerprint density at radius 3 is 3.00 bits per heavy atom. The molecule has 0 aromatic heterocycles. The first-order valence-corrected chi connectivity index (χ1v) is 3.49. The summed E-state index contributed by atoms with van der Waals surface area (Å²) in [5.41, 5.74) is 0. The van der Waals surface area contributed by atoms with Gasteiger partial charge in [0.25, 0.3) is 0 Å². The van der Waals surface area contributed by atoms with Crippen LogP contribution in [-0.2, 0) is 4.79 Å². The minimum absolute atomic E-state index is 0.398. The van der Waals surface area contributed by atoms with E-state index in [0.29, 0.717) is 12.3 Å². The van der Waals surface area contributed by atoms with E-state index in [1.165, 1.54) is 6.42 Å². The number of nitrogens with zero attached hydrogens (tertiary/aromatic N) is 1. The van der Waals surface area contributed by atoms with Gasteiger partial charge in [0.05, 0.1) is 6.54 Å². The summed E-state index contributed by atoms with van der Waals surface area (Å²) in [6, 6.07) is 0. The highest BCUT2D eigenvalue weighted by atomic mass is 16.1. The molecule has 1 aliphatic heterocycles. The topological polar surface area (TPSA) is 20.3 Å². The first-order valence-electron chi connectivity index (χ1n) is 3.49. The molecule has 0 N–H and O–H groups in total.